The first-order valence-electron chi connectivity index (χ1n) is 10.8. The minimum Gasteiger partial charge on any atom is -0.495 e. The monoisotopic (exact) mass is 531 g/mol. The molecule has 1 heterocycles. The summed E-state index contributed by atoms with van der Waals surface area (Å²) in [5.74, 6) is -0.487. The van der Waals surface area contributed by atoms with Crippen molar-refractivity contribution in [1.82, 2.24) is 5.06 Å². The van der Waals surface area contributed by atoms with Crippen LogP contribution in [0.4, 0.5) is 0 Å². The summed E-state index contributed by atoms with van der Waals surface area (Å²) in [5.41, 5.74) is 1.31. The summed E-state index contributed by atoms with van der Waals surface area (Å²) in [6, 6.07) is 15.4. The highest BCUT2D eigenvalue weighted by Crippen LogP contribution is 2.31. The van der Waals surface area contributed by atoms with Crippen LogP contribution in [-0.2, 0) is 15.0 Å². The minimum atomic E-state index is -4.24. The third kappa shape index (κ3) is 5.46. The van der Waals surface area contributed by atoms with Crippen LogP contribution >= 0.6 is 11.6 Å². The summed E-state index contributed by atoms with van der Waals surface area (Å²) in [5, 5.41) is 0.966. The van der Waals surface area contributed by atoms with Gasteiger partial charge in [-0.1, -0.05) is 23.7 Å². The van der Waals surface area contributed by atoms with E-state index in [4.69, 9.17) is 30.1 Å². The summed E-state index contributed by atoms with van der Waals surface area (Å²) in [6.45, 7) is 2.00. The summed E-state index contributed by atoms with van der Waals surface area (Å²) in [7, 11) is -2.89. The third-order valence-corrected chi connectivity index (χ3v) is 6.66. The van der Waals surface area contributed by atoms with Crippen molar-refractivity contribution in [3.05, 3.63) is 82.4 Å². The van der Waals surface area contributed by atoms with Crippen molar-refractivity contribution in [2.75, 3.05) is 20.3 Å². The number of carbonyl (C=O) groups excluding carboxylic acids is 2. The van der Waals surface area contributed by atoms with Crippen molar-refractivity contribution < 1.29 is 36.5 Å². The lowest BCUT2D eigenvalue weighted by atomic mass is 10.1. The zero-order valence-electron chi connectivity index (χ0n) is 19.4. The van der Waals surface area contributed by atoms with E-state index in [-0.39, 0.29) is 34.6 Å². The molecule has 3 aromatic carbocycles. The van der Waals surface area contributed by atoms with Crippen LogP contribution in [0, 0.1) is 6.92 Å². The van der Waals surface area contributed by atoms with Crippen molar-refractivity contribution in [3.63, 3.8) is 0 Å². The van der Waals surface area contributed by atoms with E-state index in [1.54, 1.807) is 43.3 Å². The molecule has 3 aromatic rings. The normalized spacial score (nSPS) is 13.0. The number of methoxy groups -OCH3 is 1. The summed E-state index contributed by atoms with van der Waals surface area (Å²) in [6.07, 6.45) is 0.357. The second-order valence-corrected chi connectivity index (χ2v) is 9.75. The zero-order valence-corrected chi connectivity index (χ0v) is 21.0. The van der Waals surface area contributed by atoms with Gasteiger partial charge in [-0.15, -0.1) is 5.06 Å². The van der Waals surface area contributed by atoms with Gasteiger partial charge in [0.25, 0.3) is 11.8 Å². The molecule has 0 bridgehead atoms. The van der Waals surface area contributed by atoms with Gasteiger partial charge in [0, 0.05) is 17.5 Å². The predicted octanol–water partition coefficient (Wildman–Crippen LogP) is 4.42. The first-order chi connectivity index (χ1) is 17.2. The number of benzene rings is 3. The van der Waals surface area contributed by atoms with Crippen LogP contribution in [0.15, 0.2) is 65.6 Å². The molecule has 0 spiro atoms. The van der Waals surface area contributed by atoms with E-state index in [0.29, 0.717) is 28.9 Å². The molecule has 9 nitrogen and oxygen atoms in total. The van der Waals surface area contributed by atoms with Gasteiger partial charge in [-0.2, -0.15) is 8.42 Å². The van der Waals surface area contributed by atoms with Crippen LogP contribution in [0.25, 0.3) is 0 Å². The lowest BCUT2D eigenvalue weighted by Crippen LogP contribution is -2.30. The number of imide groups is 1. The van der Waals surface area contributed by atoms with Gasteiger partial charge in [-0.3, -0.25) is 14.4 Å². The second kappa shape index (κ2) is 10.6. The van der Waals surface area contributed by atoms with E-state index in [2.05, 4.69) is 0 Å². The molecule has 0 atom stereocenters. The highest BCUT2D eigenvalue weighted by molar-refractivity contribution is 7.87. The minimum absolute atomic E-state index is 0.0503. The van der Waals surface area contributed by atoms with Gasteiger partial charge in [0.05, 0.1) is 31.5 Å². The average molecular weight is 532 g/mol. The fourth-order valence-electron chi connectivity index (χ4n) is 3.55. The van der Waals surface area contributed by atoms with Gasteiger partial charge >= 0.3 is 10.1 Å². The Bertz CT molecular complexity index is 1390. The van der Waals surface area contributed by atoms with Crippen molar-refractivity contribution in [3.8, 4) is 17.2 Å². The first-order valence-corrected chi connectivity index (χ1v) is 12.6. The molecule has 2 amide bonds. The molecular formula is C25H22ClNO8S. The van der Waals surface area contributed by atoms with Crippen LogP contribution in [0.1, 0.15) is 32.7 Å². The number of amides is 2. The van der Waals surface area contributed by atoms with Crippen LogP contribution in [0.2, 0.25) is 5.02 Å². The maximum absolute atomic E-state index is 12.8. The molecule has 0 saturated carbocycles. The molecule has 1 aliphatic rings. The molecule has 36 heavy (non-hydrogen) atoms. The molecule has 1 aliphatic heterocycles. The number of hydrogen-bond donors (Lipinski definition) is 0. The number of aryl methyl sites for hydroxylation is 1. The fraction of sp³-hybridized carbons (Fsp3) is 0.200. The van der Waals surface area contributed by atoms with Crippen LogP contribution in [0.5, 0.6) is 17.2 Å². The number of carbonyl (C=O) groups is 2. The molecule has 0 fully saturated rings. The first kappa shape index (κ1) is 25.5. The highest BCUT2D eigenvalue weighted by atomic mass is 35.5. The number of halogens is 1. The van der Waals surface area contributed by atoms with Crippen molar-refractivity contribution in [2.45, 2.75) is 18.2 Å². The van der Waals surface area contributed by atoms with Crippen LogP contribution < -0.4 is 13.7 Å². The van der Waals surface area contributed by atoms with Gasteiger partial charge in [0.15, 0.2) is 0 Å². The Balaban J connectivity index is 1.34. The lowest BCUT2D eigenvalue weighted by molar-refractivity contribution is -0.0935. The molecule has 0 saturated heterocycles. The number of fused-ring (bicyclic) bond motifs is 1. The largest absolute Gasteiger partial charge is 0.495 e. The second-order valence-electron chi connectivity index (χ2n) is 7.80. The van der Waals surface area contributed by atoms with Gasteiger partial charge in [-0.05, 0) is 55.0 Å². The molecule has 11 heteroatoms. The molecule has 0 N–H and O–H groups in total. The number of hydrogen-bond acceptors (Lipinski definition) is 8. The van der Waals surface area contributed by atoms with Gasteiger partial charge in [0.2, 0.25) is 0 Å². The Morgan fingerprint density at radius 2 is 1.56 bits per heavy atom. The average Bonchev–Trinajstić information content (AvgIpc) is 3.08. The van der Waals surface area contributed by atoms with Crippen molar-refractivity contribution in [1.29, 1.82) is 0 Å². The topological polar surface area (TPSA) is 108 Å². The molecule has 0 aliphatic carbocycles. The maximum atomic E-state index is 12.8. The van der Waals surface area contributed by atoms with Crippen molar-refractivity contribution >= 4 is 33.5 Å². The van der Waals surface area contributed by atoms with E-state index in [0.717, 1.165) is 5.06 Å². The molecule has 188 valence electrons. The van der Waals surface area contributed by atoms with E-state index in [1.165, 1.54) is 31.4 Å². The molecule has 0 aromatic heterocycles. The zero-order chi connectivity index (χ0) is 25.9. The smallest absolute Gasteiger partial charge is 0.342 e. The molecule has 0 unspecified atom stereocenters. The number of nitrogens with zero attached hydrogens (tertiary/aromatic N) is 1. The Morgan fingerprint density at radius 3 is 2.22 bits per heavy atom. The van der Waals surface area contributed by atoms with Crippen molar-refractivity contribution in [2.24, 2.45) is 0 Å². The summed E-state index contributed by atoms with van der Waals surface area (Å²) >= 11 is 5.95. The maximum Gasteiger partial charge on any atom is 0.342 e. The number of rotatable bonds is 10. The number of hydroxylamine groups is 2. The van der Waals surface area contributed by atoms with E-state index in [9.17, 15) is 18.0 Å². The molecular weight excluding hydrogens is 510 g/mol. The molecule has 0 radical (unpaired) electrons. The van der Waals surface area contributed by atoms with Gasteiger partial charge in [-0.25, -0.2) is 0 Å². The quantitative estimate of drug-likeness (QED) is 0.215. The third-order valence-electron chi connectivity index (χ3n) is 5.16. The Morgan fingerprint density at radius 1 is 0.889 bits per heavy atom. The Kier molecular flexibility index (Phi) is 7.48. The standard InChI is InChI=1S/C25H22ClNO8S/c1-16-12-18(15-19(13-16)35-36(30,31)23-14-17(26)8-9-22(23)32-2)33-10-5-11-34-27-24(28)20-6-3-4-7-21(20)25(27)29/h3-4,6-9,12-15H,5,10-11H2,1-2H3. The van der Waals surface area contributed by atoms with Crippen LogP contribution in [0.3, 0.4) is 0 Å². The van der Waals surface area contributed by atoms with Gasteiger partial charge in [0.1, 0.15) is 22.1 Å². The van der Waals surface area contributed by atoms with Crippen LogP contribution in [-0.4, -0.2) is 45.6 Å². The van der Waals surface area contributed by atoms with E-state index in [1.807, 2.05) is 0 Å². The summed E-state index contributed by atoms with van der Waals surface area (Å²) in [4.78, 5) is 29.8. The Hall–Kier alpha value is -3.60. The van der Waals surface area contributed by atoms with Gasteiger partial charge < -0.3 is 13.7 Å². The predicted molar refractivity (Wildman–Crippen MR) is 130 cm³/mol. The lowest BCUT2D eigenvalue weighted by Gasteiger charge is -2.14. The summed E-state index contributed by atoms with van der Waals surface area (Å²) < 4.78 is 41.8. The SMILES string of the molecule is COc1ccc(Cl)cc1S(=O)(=O)Oc1cc(C)cc(OCCCON2C(=O)c3ccccc3C2=O)c1. The Labute approximate surface area is 213 Å². The molecule has 4 rings (SSSR count). The fourth-order valence-corrected chi connectivity index (χ4v) is 4.90. The van der Waals surface area contributed by atoms with E-state index >= 15 is 0 Å². The highest BCUT2D eigenvalue weighted by Gasteiger charge is 2.36. The van der Waals surface area contributed by atoms with E-state index < -0.39 is 21.9 Å². The number of ether oxygens (including phenoxy) is 2.